The second-order valence-electron chi connectivity index (χ2n) is 3.95. The first-order valence-corrected chi connectivity index (χ1v) is 5.29. The van der Waals surface area contributed by atoms with Crippen molar-refractivity contribution in [2.45, 2.75) is 31.6 Å². The number of aliphatic hydroxyl groups is 2. The molecule has 1 fully saturated rings. The number of hydrogen-bond acceptors (Lipinski definition) is 6. The maximum atomic E-state index is 11.4. The molecule has 0 aliphatic carbocycles. The molecule has 3 atom stereocenters. The molecule has 0 unspecified atom stereocenters. The normalized spacial score (nSPS) is 28.7. The number of ether oxygens (including phenoxy) is 2. The Bertz CT molecular complexity index is 295. The van der Waals surface area contributed by atoms with Crippen molar-refractivity contribution >= 4 is 12.1 Å². The molecule has 0 aromatic carbocycles. The Balaban J connectivity index is 2.67. The minimum atomic E-state index is -1.01. The van der Waals surface area contributed by atoms with Crippen LogP contribution in [0.4, 0.5) is 4.79 Å². The minimum absolute atomic E-state index is 0.0196. The minimum Gasteiger partial charge on any atom is -0.464 e. The van der Waals surface area contributed by atoms with E-state index in [9.17, 15) is 19.8 Å². The average molecular weight is 247 g/mol. The van der Waals surface area contributed by atoms with Crippen molar-refractivity contribution < 1.29 is 29.3 Å². The standard InChI is InChI=1S/C10H17NO6/c1-6(12)17-5-7-3-8(13)9(14)4-11(7)10(15)16-2/h7-9,13-14H,3-5H2,1-2H3/t7-,8+,9-/m0/s1. The largest absolute Gasteiger partial charge is 0.464 e. The van der Waals surface area contributed by atoms with E-state index in [1.54, 1.807) is 0 Å². The first kappa shape index (κ1) is 13.7. The maximum Gasteiger partial charge on any atom is 0.409 e. The van der Waals surface area contributed by atoms with Gasteiger partial charge in [0.1, 0.15) is 6.61 Å². The van der Waals surface area contributed by atoms with Crippen LogP contribution in [0.15, 0.2) is 0 Å². The molecule has 1 rings (SSSR count). The molecule has 1 heterocycles. The number of β-amino-alcohol motifs (C(OH)–C–C–N with tert-alkyl or cyclic N) is 1. The van der Waals surface area contributed by atoms with E-state index in [1.807, 2.05) is 0 Å². The summed E-state index contributed by atoms with van der Waals surface area (Å²) in [7, 11) is 1.22. The summed E-state index contributed by atoms with van der Waals surface area (Å²) in [5.74, 6) is -0.463. The van der Waals surface area contributed by atoms with Crippen LogP contribution in [0.25, 0.3) is 0 Å². The third-order valence-electron chi connectivity index (χ3n) is 2.67. The van der Waals surface area contributed by atoms with Crippen LogP contribution >= 0.6 is 0 Å². The summed E-state index contributed by atoms with van der Waals surface area (Å²) in [6, 6.07) is -0.482. The highest BCUT2D eigenvalue weighted by Gasteiger charge is 2.37. The molecule has 1 aliphatic heterocycles. The van der Waals surface area contributed by atoms with E-state index in [2.05, 4.69) is 4.74 Å². The van der Waals surface area contributed by atoms with Gasteiger partial charge in [-0.15, -0.1) is 0 Å². The fraction of sp³-hybridized carbons (Fsp3) is 0.800. The number of aliphatic hydroxyl groups excluding tert-OH is 2. The van der Waals surface area contributed by atoms with Crippen LogP contribution in [0.2, 0.25) is 0 Å². The summed E-state index contributed by atoms with van der Waals surface area (Å²) in [6.45, 7) is 1.20. The predicted molar refractivity (Wildman–Crippen MR) is 56.2 cm³/mol. The number of hydrogen-bond donors (Lipinski definition) is 2. The molecule has 1 saturated heterocycles. The van der Waals surface area contributed by atoms with E-state index >= 15 is 0 Å². The van der Waals surface area contributed by atoms with Crippen LogP contribution in [-0.4, -0.2) is 65.7 Å². The van der Waals surface area contributed by atoms with Crippen molar-refractivity contribution in [2.75, 3.05) is 20.3 Å². The van der Waals surface area contributed by atoms with Crippen molar-refractivity contribution in [3.05, 3.63) is 0 Å². The van der Waals surface area contributed by atoms with Gasteiger partial charge in [-0.2, -0.15) is 0 Å². The summed E-state index contributed by atoms with van der Waals surface area (Å²) in [6.07, 6.45) is -2.42. The molecule has 0 aromatic heterocycles. The number of piperidine rings is 1. The molecule has 7 nitrogen and oxygen atoms in total. The molecule has 0 bridgehead atoms. The number of carbonyl (C=O) groups is 2. The first-order valence-electron chi connectivity index (χ1n) is 5.29. The number of nitrogens with zero attached hydrogens (tertiary/aromatic N) is 1. The van der Waals surface area contributed by atoms with E-state index in [4.69, 9.17) is 4.74 Å². The quantitative estimate of drug-likeness (QED) is 0.615. The molecule has 98 valence electrons. The van der Waals surface area contributed by atoms with Crippen molar-refractivity contribution in [1.82, 2.24) is 4.90 Å². The molecular formula is C10H17NO6. The number of amides is 1. The number of carbonyl (C=O) groups excluding carboxylic acids is 2. The molecule has 1 amide bonds. The average Bonchev–Trinajstić information content (AvgIpc) is 2.29. The lowest BCUT2D eigenvalue weighted by Crippen LogP contribution is -2.56. The number of esters is 1. The van der Waals surface area contributed by atoms with Crippen LogP contribution in [0.3, 0.4) is 0 Å². The molecule has 0 saturated carbocycles. The molecular weight excluding hydrogens is 230 g/mol. The Morgan fingerprint density at radius 1 is 1.35 bits per heavy atom. The lowest BCUT2D eigenvalue weighted by Gasteiger charge is -2.38. The van der Waals surface area contributed by atoms with Gasteiger partial charge in [0.15, 0.2) is 0 Å². The summed E-state index contributed by atoms with van der Waals surface area (Å²) in [5.41, 5.74) is 0. The van der Waals surface area contributed by atoms with Gasteiger partial charge in [-0.3, -0.25) is 9.69 Å². The highest BCUT2D eigenvalue weighted by Crippen LogP contribution is 2.19. The monoisotopic (exact) mass is 247 g/mol. The summed E-state index contributed by atoms with van der Waals surface area (Å²) in [4.78, 5) is 23.4. The SMILES string of the molecule is COC(=O)N1C[C@H](O)[C@H](O)C[C@H]1COC(C)=O. The molecule has 17 heavy (non-hydrogen) atoms. The molecule has 0 aromatic rings. The summed E-state index contributed by atoms with van der Waals surface area (Å²) in [5, 5.41) is 19.0. The van der Waals surface area contributed by atoms with Gasteiger partial charge in [0.25, 0.3) is 0 Å². The maximum absolute atomic E-state index is 11.4. The van der Waals surface area contributed by atoms with Gasteiger partial charge in [-0.05, 0) is 6.42 Å². The van der Waals surface area contributed by atoms with E-state index in [-0.39, 0.29) is 19.6 Å². The predicted octanol–water partition coefficient (Wildman–Crippen LogP) is -0.888. The van der Waals surface area contributed by atoms with Crippen LogP contribution in [0.5, 0.6) is 0 Å². The lowest BCUT2D eigenvalue weighted by atomic mass is 9.98. The first-order chi connectivity index (χ1) is 7.95. The zero-order valence-electron chi connectivity index (χ0n) is 9.83. The Labute approximate surface area is 98.9 Å². The molecule has 1 aliphatic rings. The van der Waals surface area contributed by atoms with Crippen LogP contribution < -0.4 is 0 Å². The van der Waals surface area contributed by atoms with Crippen LogP contribution in [0.1, 0.15) is 13.3 Å². The Morgan fingerprint density at radius 3 is 2.53 bits per heavy atom. The number of rotatable bonds is 2. The zero-order valence-corrected chi connectivity index (χ0v) is 9.83. The number of methoxy groups -OCH3 is 1. The van der Waals surface area contributed by atoms with Gasteiger partial charge in [-0.1, -0.05) is 0 Å². The zero-order chi connectivity index (χ0) is 13.0. The van der Waals surface area contributed by atoms with E-state index in [0.717, 1.165) is 0 Å². The van der Waals surface area contributed by atoms with Crippen molar-refractivity contribution in [2.24, 2.45) is 0 Å². The van der Waals surface area contributed by atoms with Gasteiger partial charge in [0.2, 0.25) is 0 Å². The summed E-state index contributed by atoms with van der Waals surface area (Å²) < 4.78 is 9.37. The van der Waals surface area contributed by atoms with E-state index in [0.29, 0.717) is 0 Å². The third-order valence-corrected chi connectivity index (χ3v) is 2.67. The van der Waals surface area contributed by atoms with Crippen LogP contribution in [-0.2, 0) is 14.3 Å². The van der Waals surface area contributed by atoms with Gasteiger partial charge in [-0.25, -0.2) is 4.79 Å². The number of likely N-dealkylation sites (tertiary alicyclic amines) is 1. The van der Waals surface area contributed by atoms with Gasteiger partial charge in [0.05, 0.1) is 31.9 Å². The lowest BCUT2D eigenvalue weighted by molar-refractivity contribution is -0.144. The highest BCUT2D eigenvalue weighted by atomic mass is 16.5. The Morgan fingerprint density at radius 2 is 2.00 bits per heavy atom. The molecule has 2 N–H and O–H groups in total. The fourth-order valence-corrected chi connectivity index (χ4v) is 1.75. The molecule has 0 spiro atoms. The van der Waals surface area contributed by atoms with Crippen molar-refractivity contribution in [1.29, 1.82) is 0 Å². The van der Waals surface area contributed by atoms with Gasteiger partial charge in [0, 0.05) is 6.92 Å². The summed E-state index contributed by atoms with van der Waals surface area (Å²) >= 11 is 0. The van der Waals surface area contributed by atoms with E-state index < -0.39 is 30.3 Å². The Kier molecular flexibility index (Phi) is 4.71. The third kappa shape index (κ3) is 3.57. The Hall–Kier alpha value is -1.34. The van der Waals surface area contributed by atoms with E-state index in [1.165, 1.54) is 18.9 Å². The van der Waals surface area contributed by atoms with Crippen molar-refractivity contribution in [3.63, 3.8) is 0 Å². The second-order valence-corrected chi connectivity index (χ2v) is 3.95. The topological polar surface area (TPSA) is 96.3 Å². The fourth-order valence-electron chi connectivity index (χ4n) is 1.75. The van der Waals surface area contributed by atoms with Crippen LogP contribution in [0, 0.1) is 0 Å². The van der Waals surface area contributed by atoms with Gasteiger partial charge >= 0.3 is 12.1 Å². The van der Waals surface area contributed by atoms with Crippen molar-refractivity contribution in [3.8, 4) is 0 Å². The second kappa shape index (κ2) is 5.83. The van der Waals surface area contributed by atoms with Gasteiger partial charge < -0.3 is 19.7 Å². The molecule has 7 heteroatoms. The smallest absolute Gasteiger partial charge is 0.409 e. The molecule has 0 radical (unpaired) electrons. The highest BCUT2D eigenvalue weighted by molar-refractivity contribution is 5.68.